The molecule has 0 aromatic heterocycles. The number of anilines is 1. The van der Waals surface area contributed by atoms with Gasteiger partial charge in [0.15, 0.2) is 0 Å². The van der Waals surface area contributed by atoms with Crippen molar-refractivity contribution in [3.63, 3.8) is 0 Å². The first-order valence-corrected chi connectivity index (χ1v) is 7.51. The summed E-state index contributed by atoms with van der Waals surface area (Å²) in [6.07, 6.45) is 4.95. The second-order valence-electron chi connectivity index (χ2n) is 6.45. The Labute approximate surface area is 122 Å². The van der Waals surface area contributed by atoms with Gasteiger partial charge in [-0.25, -0.2) is 8.78 Å². The molecule has 5 heteroatoms. The highest BCUT2D eigenvalue weighted by Gasteiger charge is 2.42. The minimum absolute atomic E-state index is 0.0193. The van der Waals surface area contributed by atoms with Gasteiger partial charge in [-0.05, 0) is 56.1 Å². The van der Waals surface area contributed by atoms with Gasteiger partial charge in [-0.1, -0.05) is 6.42 Å². The highest BCUT2D eigenvalue weighted by Crippen LogP contribution is 2.49. The van der Waals surface area contributed by atoms with E-state index >= 15 is 0 Å². The van der Waals surface area contributed by atoms with Crippen molar-refractivity contribution in [1.82, 2.24) is 5.32 Å². The van der Waals surface area contributed by atoms with E-state index in [2.05, 4.69) is 5.32 Å². The van der Waals surface area contributed by atoms with E-state index in [1.54, 1.807) is 0 Å². The van der Waals surface area contributed by atoms with E-state index < -0.39 is 23.2 Å². The number of carbonyl (C=O) groups is 1. The topological polar surface area (TPSA) is 55.1 Å². The molecule has 3 rings (SSSR count). The van der Waals surface area contributed by atoms with Crippen LogP contribution in [0.5, 0.6) is 0 Å². The lowest BCUT2D eigenvalue weighted by molar-refractivity contribution is 0.0914. The molecule has 0 saturated heterocycles. The molecule has 2 fully saturated rings. The Morgan fingerprint density at radius 1 is 1.29 bits per heavy atom. The number of benzene rings is 1. The van der Waals surface area contributed by atoms with Crippen LogP contribution in [-0.4, -0.2) is 11.9 Å². The smallest absolute Gasteiger partial charge is 0.251 e. The van der Waals surface area contributed by atoms with Gasteiger partial charge in [0.05, 0.1) is 0 Å². The van der Waals surface area contributed by atoms with Crippen LogP contribution in [0.25, 0.3) is 0 Å². The van der Waals surface area contributed by atoms with E-state index in [1.807, 2.05) is 6.92 Å². The largest absolute Gasteiger partial charge is 0.394 e. The van der Waals surface area contributed by atoms with Crippen LogP contribution in [0.4, 0.5) is 14.5 Å². The van der Waals surface area contributed by atoms with Crippen molar-refractivity contribution in [1.29, 1.82) is 0 Å². The normalized spacial score (nSPS) is 28.6. The van der Waals surface area contributed by atoms with Gasteiger partial charge in [-0.15, -0.1) is 0 Å². The molecule has 4 unspecified atom stereocenters. The molecule has 114 valence electrons. The number of halogens is 2. The summed E-state index contributed by atoms with van der Waals surface area (Å²) in [5.74, 6) is -0.268. The highest BCUT2D eigenvalue weighted by molar-refractivity contribution is 5.94. The van der Waals surface area contributed by atoms with Crippen molar-refractivity contribution in [3.8, 4) is 0 Å². The standard InChI is InChI=1S/C16H20F2N2O/c1-8(12-5-9-2-3-10(12)4-9)20-16(21)11-6-13(17)15(19)14(18)7-11/h6-10,12H,2-5,19H2,1H3,(H,20,21). The first-order chi connectivity index (χ1) is 9.95. The van der Waals surface area contributed by atoms with Crippen molar-refractivity contribution in [2.24, 2.45) is 17.8 Å². The first-order valence-electron chi connectivity index (χ1n) is 7.51. The van der Waals surface area contributed by atoms with Gasteiger partial charge >= 0.3 is 0 Å². The summed E-state index contributed by atoms with van der Waals surface area (Å²) in [6, 6.07) is 2.00. The molecule has 0 aliphatic heterocycles. The van der Waals surface area contributed by atoms with Crippen LogP contribution in [0.3, 0.4) is 0 Å². The van der Waals surface area contributed by atoms with Crippen LogP contribution >= 0.6 is 0 Å². The molecule has 1 aromatic rings. The Morgan fingerprint density at radius 2 is 1.95 bits per heavy atom. The van der Waals surface area contributed by atoms with E-state index in [0.29, 0.717) is 11.8 Å². The van der Waals surface area contributed by atoms with Crippen molar-refractivity contribution in [2.45, 2.75) is 38.6 Å². The molecular weight excluding hydrogens is 274 g/mol. The van der Waals surface area contributed by atoms with Gasteiger partial charge < -0.3 is 11.1 Å². The van der Waals surface area contributed by atoms with E-state index in [0.717, 1.165) is 24.5 Å². The molecule has 2 saturated carbocycles. The number of hydrogen-bond acceptors (Lipinski definition) is 2. The average molecular weight is 294 g/mol. The number of nitrogens with two attached hydrogens (primary N) is 1. The lowest BCUT2D eigenvalue weighted by atomic mass is 9.84. The molecule has 0 heterocycles. The zero-order valence-corrected chi connectivity index (χ0v) is 12.0. The molecule has 4 atom stereocenters. The van der Waals surface area contributed by atoms with Gasteiger partial charge in [0.25, 0.3) is 5.91 Å². The number of fused-ring (bicyclic) bond motifs is 2. The lowest BCUT2D eigenvalue weighted by Crippen LogP contribution is -2.40. The number of nitrogens with one attached hydrogen (secondary N) is 1. The number of amides is 1. The lowest BCUT2D eigenvalue weighted by Gasteiger charge is -2.28. The first kappa shape index (κ1) is 14.3. The maximum atomic E-state index is 13.4. The summed E-state index contributed by atoms with van der Waals surface area (Å²) in [6.45, 7) is 1.98. The van der Waals surface area contributed by atoms with E-state index in [9.17, 15) is 13.6 Å². The second kappa shape index (κ2) is 5.28. The van der Waals surface area contributed by atoms with Crippen LogP contribution < -0.4 is 11.1 Å². The molecule has 1 amide bonds. The SMILES string of the molecule is CC(NC(=O)c1cc(F)c(N)c(F)c1)C1CC2CCC1C2. The van der Waals surface area contributed by atoms with Gasteiger partial charge in [-0.2, -0.15) is 0 Å². The van der Waals surface area contributed by atoms with Crippen molar-refractivity contribution in [2.75, 3.05) is 5.73 Å². The minimum Gasteiger partial charge on any atom is -0.394 e. The molecule has 21 heavy (non-hydrogen) atoms. The Bertz CT molecular complexity index is 552. The van der Waals surface area contributed by atoms with Gasteiger partial charge in [0.2, 0.25) is 0 Å². The number of hydrogen-bond donors (Lipinski definition) is 2. The summed E-state index contributed by atoms with van der Waals surface area (Å²) in [4.78, 5) is 12.1. The molecule has 2 aliphatic rings. The number of carbonyl (C=O) groups excluding carboxylic acids is 1. The monoisotopic (exact) mass is 294 g/mol. The summed E-state index contributed by atoms with van der Waals surface area (Å²) in [7, 11) is 0. The summed E-state index contributed by atoms with van der Waals surface area (Å²) in [5.41, 5.74) is 4.64. The van der Waals surface area contributed by atoms with Crippen LogP contribution in [0, 0.1) is 29.4 Å². The van der Waals surface area contributed by atoms with E-state index in [-0.39, 0.29) is 11.6 Å². The summed E-state index contributed by atoms with van der Waals surface area (Å²) in [5, 5.41) is 2.88. The zero-order chi connectivity index (χ0) is 15.1. The third-order valence-corrected chi connectivity index (χ3v) is 5.14. The molecular formula is C16H20F2N2O. The Morgan fingerprint density at radius 3 is 2.48 bits per heavy atom. The minimum atomic E-state index is -0.896. The summed E-state index contributed by atoms with van der Waals surface area (Å²) >= 11 is 0. The fourth-order valence-electron chi connectivity index (χ4n) is 4.02. The van der Waals surface area contributed by atoms with Crippen LogP contribution in [0.2, 0.25) is 0 Å². The quantitative estimate of drug-likeness (QED) is 0.842. The van der Waals surface area contributed by atoms with E-state index in [1.165, 1.54) is 19.3 Å². The number of nitrogen functional groups attached to an aromatic ring is 1. The number of rotatable bonds is 3. The van der Waals surface area contributed by atoms with Gasteiger partial charge in [-0.3, -0.25) is 4.79 Å². The predicted octanol–water partition coefficient (Wildman–Crippen LogP) is 3.10. The molecule has 0 radical (unpaired) electrons. The predicted molar refractivity (Wildman–Crippen MR) is 76.6 cm³/mol. The molecule has 3 N–H and O–H groups in total. The molecule has 2 aliphatic carbocycles. The zero-order valence-electron chi connectivity index (χ0n) is 12.0. The van der Waals surface area contributed by atoms with Crippen LogP contribution in [0.15, 0.2) is 12.1 Å². The maximum Gasteiger partial charge on any atom is 0.251 e. The van der Waals surface area contributed by atoms with Gasteiger partial charge in [0, 0.05) is 11.6 Å². The molecule has 2 bridgehead atoms. The Hall–Kier alpha value is -1.65. The molecule has 3 nitrogen and oxygen atoms in total. The molecule has 1 aromatic carbocycles. The van der Waals surface area contributed by atoms with Crippen molar-refractivity contribution >= 4 is 11.6 Å². The fourth-order valence-corrected chi connectivity index (χ4v) is 4.02. The van der Waals surface area contributed by atoms with Crippen LogP contribution in [0.1, 0.15) is 43.0 Å². The van der Waals surface area contributed by atoms with Crippen molar-refractivity contribution < 1.29 is 13.6 Å². The average Bonchev–Trinajstić information content (AvgIpc) is 3.06. The fraction of sp³-hybridized carbons (Fsp3) is 0.562. The van der Waals surface area contributed by atoms with Crippen LogP contribution in [-0.2, 0) is 0 Å². The Kier molecular flexibility index (Phi) is 3.59. The van der Waals surface area contributed by atoms with Gasteiger partial charge in [0.1, 0.15) is 17.3 Å². The van der Waals surface area contributed by atoms with Crippen molar-refractivity contribution in [3.05, 3.63) is 29.3 Å². The highest BCUT2D eigenvalue weighted by atomic mass is 19.1. The third kappa shape index (κ3) is 2.61. The maximum absolute atomic E-state index is 13.4. The Balaban J connectivity index is 1.69. The molecule has 0 spiro atoms. The second-order valence-corrected chi connectivity index (χ2v) is 6.45. The third-order valence-electron chi connectivity index (χ3n) is 5.14. The summed E-state index contributed by atoms with van der Waals surface area (Å²) < 4.78 is 26.8. The van der Waals surface area contributed by atoms with E-state index in [4.69, 9.17) is 5.73 Å².